The molecule has 8 rings (SSSR count). The highest BCUT2D eigenvalue weighted by atomic mass is 16.3. The lowest BCUT2D eigenvalue weighted by molar-refractivity contribution is -0.109. The zero-order chi connectivity index (χ0) is 34.7. The maximum atomic E-state index is 14.6. The van der Waals surface area contributed by atoms with E-state index in [0.29, 0.717) is 23.0 Å². The minimum atomic E-state index is -0.339. The maximum absolute atomic E-state index is 14.6. The van der Waals surface area contributed by atoms with Gasteiger partial charge in [-0.2, -0.15) is 0 Å². The summed E-state index contributed by atoms with van der Waals surface area (Å²) < 4.78 is 0. The number of benzene rings is 4. The highest BCUT2D eigenvalue weighted by Gasteiger charge is 2.47. The number of ketones is 1. The molecular weight excluding hydrogens is 603 g/mol. The predicted octanol–water partition coefficient (Wildman–Crippen LogP) is 9.50. The summed E-state index contributed by atoms with van der Waals surface area (Å²) in [6.45, 7) is 20.8. The Morgan fingerprint density at radius 2 is 1.41 bits per heavy atom. The van der Waals surface area contributed by atoms with Crippen molar-refractivity contribution in [1.29, 1.82) is 0 Å². The van der Waals surface area contributed by atoms with Gasteiger partial charge in [0.1, 0.15) is 11.4 Å². The van der Waals surface area contributed by atoms with Crippen LogP contribution in [-0.4, -0.2) is 22.1 Å². The summed E-state index contributed by atoms with van der Waals surface area (Å²) >= 11 is 0. The summed E-state index contributed by atoms with van der Waals surface area (Å²) in [5.41, 5.74) is 4.27. The molecule has 1 spiro atoms. The molecule has 4 atom stereocenters. The fraction of sp³-hybridized carbons (Fsp3) is 0.432. The van der Waals surface area contributed by atoms with Gasteiger partial charge < -0.3 is 21.1 Å². The molecule has 4 aromatic rings. The second-order valence-corrected chi connectivity index (χ2v) is 18.0. The van der Waals surface area contributed by atoms with Crippen LogP contribution in [-0.2, 0) is 4.79 Å². The van der Waals surface area contributed by atoms with Gasteiger partial charge in [-0.1, -0.05) is 103 Å². The first-order valence-electron chi connectivity index (χ1n) is 18.2. The lowest BCUT2D eigenvalue weighted by atomic mass is 9.65. The van der Waals surface area contributed by atoms with Crippen LogP contribution in [0.4, 0.5) is 17.1 Å². The normalized spacial score (nSPS) is 29.8. The van der Waals surface area contributed by atoms with Crippen molar-refractivity contribution < 1.29 is 9.90 Å². The smallest absolute Gasteiger partial charge is 0.201 e. The van der Waals surface area contributed by atoms with Crippen molar-refractivity contribution in [3.8, 4) is 0 Å². The highest BCUT2D eigenvalue weighted by Crippen LogP contribution is 2.52. The van der Waals surface area contributed by atoms with E-state index in [4.69, 9.17) is 0 Å². The standard InChI is InChI=1S/C44H51N3O2/c1-25-19-41(4,5)23-43(8,21-25)46-37-30(17-15-28-12-9-11-27(3)33(28)37)35-39(48)36(40(35)49)31-18-16-29-13-10-14-32-34(29)38(31)47-44(45-32)22-26(2)20-42(6,7)24-44/h9-18,25-26,45-48H,3,19-24H2,1-2,4-8H3/b35-30-. The van der Waals surface area contributed by atoms with E-state index in [-0.39, 0.29) is 33.6 Å². The summed E-state index contributed by atoms with van der Waals surface area (Å²) in [5.74, 6) is 1.04. The number of nitrogens with one attached hydrogen (secondary N) is 3. The van der Waals surface area contributed by atoms with Gasteiger partial charge in [0.05, 0.1) is 22.5 Å². The fourth-order valence-corrected chi connectivity index (χ4v) is 11.2. The SMILES string of the molecule is C=c1cccc2cc/c(=C3/C(=O)C(c4ccc5cccc6c5c4NC4(CC(C)CC(C)(C)C4)N6)=C3O)c(NC3(C)CC(C)CC(C)(C)C3)c12. The van der Waals surface area contributed by atoms with Gasteiger partial charge in [0.15, 0.2) is 0 Å². The van der Waals surface area contributed by atoms with E-state index in [2.05, 4.69) is 107 Å². The Bertz CT molecular complexity index is 2230. The Balaban J connectivity index is 1.31. The predicted molar refractivity (Wildman–Crippen MR) is 206 cm³/mol. The molecule has 49 heavy (non-hydrogen) atoms. The first kappa shape index (κ1) is 32.0. The molecule has 4 aromatic carbocycles. The van der Waals surface area contributed by atoms with Crippen molar-refractivity contribution in [2.45, 2.75) is 98.2 Å². The number of fused-ring (bicyclic) bond motifs is 1. The van der Waals surface area contributed by atoms with Crippen molar-refractivity contribution in [2.75, 3.05) is 16.0 Å². The zero-order valence-corrected chi connectivity index (χ0v) is 30.2. The average molecular weight is 654 g/mol. The number of anilines is 3. The zero-order valence-electron chi connectivity index (χ0n) is 30.2. The number of hydrogen-bond donors (Lipinski definition) is 4. The van der Waals surface area contributed by atoms with Gasteiger partial charge in [-0.3, -0.25) is 4.79 Å². The van der Waals surface area contributed by atoms with Crippen LogP contribution in [0.3, 0.4) is 0 Å². The fourth-order valence-electron chi connectivity index (χ4n) is 11.2. The van der Waals surface area contributed by atoms with E-state index in [1.54, 1.807) is 0 Å². The number of rotatable bonds is 3. The Morgan fingerprint density at radius 1 is 0.755 bits per heavy atom. The number of Topliss-reactive ketones (excluding diaryl/α,β-unsaturated/α-hetero) is 1. The number of allylic oxidation sites excluding steroid dienone is 2. The summed E-state index contributed by atoms with van der Waals surface area (Å²) in [7, 11) is 0. The summed E-state index contributed by atoms with van der Waals surface area (Å²) in [5, 5.41) is 29.8. The van der Waals surface area contributed by atoms with Gasteiger partial charge in [-0.25, -0.2) is 0 Å². The minimum absolute atomic E-state index is 0.0660. The van der Waals surface area contributed by atoms with Crippen LogP contribution in [0.15, 0.2) is 66.4 Å². The Labute approximate surface area is 290 Å². The van der Waals surface area contributed by atoms with E-state index >= 15 is 0 Å². The van der Waals surface area contributed by atoms with Crippen LogP contribution >= 0.6 is 0 Å². The molecular formula is C44H51N3O2. The molecule has 4 unspecified atom stereocenters. The third kappa shape index (κ3) is 5.23. The number of aliphatic hydroxyl groups excluding tert-OH is 1. The highest BCUT2D eigenvalue weighted by molar-refractivity contribution is 6.52. The Kier molecular flexibility index (Phi) is 6.93. The Hall–Kier alpha value is -4.25. The topological polar surface area (TPSA) is 73.4 Å². The molecule has 5 nitrogen and oxygen atoms in total. The molecule has 0 saturated heterocycles. The molecule has 2 fully saturated rings. The summed E-state index contributed by atoms with van der Waals surface area (Å²) in [6, 6.07) is 20.7. The van der Waals surface area contributed by atoms with E-state index < -0.39 is 0 Å². The molecule has 254 valence electrons. The lowest BCUT2D eigenvalue weighted by Gasteiger charge is -2.51. The molecule has 1 heterocycles. The van der Waals surface area contributed by atoms with Crippen molar-refractivity contribution >= 4 is 62.1 Å². The number of hydrogen-bond acceptors (Lipinski definition) is 5. The largest absolute Gasteiger partial charge is 0.506 e. The minimum Gasteiger partial charge on any atom is -0.506 e. The van der Waals surface area contributed by atoms with Crippen LogP contribution in [0.1, 0.15) is 92.6 Å². The molecule has 2 saturated carbocycles. The number of aliphatic hydroxyl groups is 1. The number of carbonyl (C=O) groups excluding carboxylic acids is 1. The molecule has 1 aliphatic heterocycles. The first-order valence-corrected chi connectivity index (χ1v) is 18.2. The van der Waals surface area contributed by atoms with Gasteiger partial charge in [0.2, 0.25) is 5.78 Å². The molecule has 0 radical (unpaired) electrons. The van der Waals surface area contributed by atoms with E-state index in [9.17, 15) is 9.90 Å². The summed E-state index contributed by atoms with van der Waals surface area (Å²) in [6.07, 6.45) is 6.33. The van der Waals surface area contributed by atoms with E-state index in [1.165, 1.54) is 12.8 Å². The van der Waals surface area contributed by atoms with Crippen LogP contribution in [0.5, 0.6) is 0 Å². The molecule has 4 N–H and O–H groups in total. The molecule has 3 aliphatic carbocycles. The maximum Gasteiger partial charge on any atom is 0.201 e. The van der Waals surface area contributed by atoms with Crippen LogP contribution < -0.4 is 26.4 Å². The molecule has 0 aromatic heterocycles. The lowest BCUT2D eigenvalue weighted by Crippen LogP contribution is -2.55. The monoisotopic (exact) mass is 653 g/mol. The van der Waals surface area contributed by atoms with Crippen molar-refractivity contribution in [3.63, 3.8) is 0 Å². The van der Waals surface area contributed by atoms with Crippen molar-refractivity contribution in [1.82, 2.24) is 0 Å². The van der Waals surface area contributed by atoms with E-state index in [0.717, 1.165) is 80.3 Å². The van der Waals surface area contributed by atoms with Crippen LogP contribution in [0, 0.1) is 22.7 Å². The molecule has 4 aliphatic rings. The molecule has 0 bridgehead atoms. The molecule has 5 heteroatoms. The van der Waals surface area contributed by atoms with Gasteiger partial charge in [-0.05, 0) is 90.2 Å². The van der Waals surface area contributed by atoms with Crippen molar-refractivity contribution in [2.24, 2.45) is 22.7 Å². The van der Waals surface area contributed by atoms with Crippen LogP contribution in [0.25, 0.3) is 39.3 Å². The molecule has 0 amide bonds. The second-order valence-electron chi connectivity index (χ2n) is 18.0. The average Bonchev–Trinajstić information content (AvgIpc) is 2.97. The Morgan fingerprint density at radius 3 is 2.10 bits per heavy atom. The third-order valence-corrected chi connectivity index (χ3v) is 11.8. The van der Waals surface area contributed by atoms with Gasteiger partial charge in [-0.15, -0.1) is 0 Å². The quantitative estimate of drug-likeness (QED) is 0.177. The van der Waals surface area contributed by atoms with Gasteiger partial charge >= 0.3 is 0 Å². The second kappa shape index (κ2) is 10.6. The summed E-state index contributed by atoms with van der Waals surface area (Å²) in [4.78, 5) is 14.6. The van der Waals surface area contributed by atoms with Gasteiger partial charge in [0.25, 0.3) is 0 Å². The van der Waals surface area contributed by atoms with Gasteiger partial charge in [0, 0.05) is 32.8 Å². The third-order valence-electron chi connectivity index (χ3n) is 11.8. The van der Waals surface area contributed by atoms with Crippen molar-refractivity contribution in [3.05, 3.63) is 82.4 Å². The van der Waals surface area contributed by atoms with Crippen LogP contribution in [0.2, 0.25) is 0 Å². The van der Waals surface area contributed by atoms with E-state index in [1.807, 2.05) is 24.3 Å². The first-order chi connectivity index (χ1) is 23.1. The number of carbonyl (C=O) groups is 1.